The highest BCUT2D eigenvalue weighted by Gasteiger charge is 2.04. The maximum atomic E-state index is 5.85. The summed E-state index contributed by atoms with van der Waals surface area (Å²) < 4.78 is 11.0. The Labute approximate surface area is 129 Å². The summed E-state index contributed by atoms with van der Waals surface area (Å²) in [6.07, 6.45) is 0. The largest absolute Gasteiger partial charge is 0.497 e. The second-order valence-electron chi connectivity index (χ2n) is 4.27. The topological polar surface area (TPSA) is 44.5 Å². The van der Waals surface area contributed by atoms with Crippen LogP contribution in [0.4, 0.5) is 0 Å². The maximum Gasteiger partial charge on any atom is 0.119 e. The molecule has 3 nitrogen and oxygen atoms in total. The van der Waals surface area contributed by atoms with Crippen LogP contribution in [0.15, 0.2) is 42.5 Å². The van der Waals surface area contributed by atoms with Crippen molar-refractivity contribution in [2.45, 2.75) is 6.61 Å². The summed E-state index contributed by atoms with van der Waals surface area (Å²) in [5.74, 6) is 7.41. The van der Waals surface area contributed by atoms with Crippen LogP contribution in [-0.2, 0) is 6.61 Å². The molecule has 0 heterocycles. The van der Waals surface area contributed by atoms with Crippen LogP contribution in [-0.4, -0.2) is 13.7 Å². The summed E-state index contributed by atoms with van der Waals surface area (Å²) in [5.41, 5.74) is 7.25. The number of nitrogens with two attached hydrogens (primary N) is 1. The van der Waals surface area contributed by atoms with E-state index >= 15 is 0 Å². The Kier molecular flexibility index (Phi) is 5.51. The van der Waals surface area contributed by atoms with Gasteiger partial charge in [0.05, 0.1) is 13.7 Å². The zero-order valence-electron chi connectivity index (χ0n) is 11.7. The standard InChI is InChI=1S/C17H16ClNO2/c1-20-17-7-4-13(3-2-10-19)14(11-17)12-21-16-8-5-15(18)6-9-16/h4-9,11H,10,12,19H2,1H3. The first-order valence-electron chi connectivity index (χ1n) is 6.47. The van der Waals surface area contributed by atoms with Crippen molar-refractivity contribution in [1.29, 1.82) is 0 Å². The first kappa shape index (κ1) is 15.2. The highest BCUT2D eigenvalue weighted by molar-refractivity contribution is 6.30. The Morgan fingerprint density at radius 3 is 2.48 bits per heavy atom. The van der Waals surface area contributed by atoms with Crippen molar-refractivity contribution in [1.82, 2.24) is 0 Å². The molecule has 0 radical (unpaired) electrons. The van der Waals surface area contributed by atoms with E-state index < -0.39 is 0 Å². The summed E-state index contributed by atoms with van der Waals surface area (Å²) in [6, 6.07) is 12.9. The van der Waals surface area contributed by atoms with E-state index in [4.69, 9.17) is 26.8 Å². The van der Waals surface area contributed by atoms with Crippen molar-refractivity contribution in [3.63, 3.8) is 0 Å². The van der Waals surface area contributed by atoms with Gasteiger partial charge in [-0.3, -0.25) is 0 Å². The molecule has 21 heavy (non-hydrogen) atoms. The lowest BCUT2D eigenvalue weighted by Gasteiger charge is -2.10. The maximum absolute atomic E-state index is 5.85. The van der Waals surface area contributed by atoms with E-state index in [2.05, 4.69) is 11.8 Å². The number of methoxy groups -OCH3 is 1. The minimum Gasteiger partial charge on any atom is -0.497 e. The predicted octanol–water partition coefficient (Wildman–Crippen LogP) is 3.24. The molecule has 2 N–H and O–H groups in total. The number of benzene rings is 2. The number of hydrogen-bond donors (Lipinski definition) is 1. The molecule has 0 saturated heterocycles. The zero-order valence-corrected chi connectivity index (χ0v) is 12.5. The highest BCUT2D eigenvalue weighted by Crippen LogP contribution is 2.21. The van der Waals surface area contributed by atoms with Crippen molar-refractivity contribution < 1.29 is 9.47 Å². The van der Waals surface area contributed by atoms with Crippen molar-refractivity contribution >= 4 is 11.6 Å². The van der Waals surface area contributed by atoms with Crippen LogP contribution in [0.5, 0.6) is 11.5 Å². The molecule has 2 aromatic rings. The molecule has 4 heteroatoms. The number of ether oxygens (including phenoxy) is 2. The van der Waals surface area contributed by atoms with Crippen LogP contribution in [0.2, 0.25) is 5.02 Å². The Morgan fingerprint density at radius 2 is 1.81 bits per heavy atom. The van der Waals surface area contributed by atoms with Gasteiger partial charge in [0.25, 0.3) is 0 Å². The van der Waals surface area contributed by atoms with Crippen LogP contribution in [0.1, 0.15) is 11.1 Å². The van der Waals surface area contributed by atoms with Crippen LogP contribution >= 0.6 is 11.6 Å². The fraction of sp³-hybridized carbons (Fsp3) is 0.176. The molecule has 2 rings (SSSR count). The van der Waals surface area contributed by atoms with Crippen molar-refractivity contribution in [2.75, 3.05) is 13.7 Å². The lowest BCUT2D eigenvalue weighted by Crippen LogP contribution is -2.00. The normalized spacial score (nSPS) is 9.67. The molecule has 0 amide bonds. The Hall–Kier alpha value is -2.15. The van der Waals surface area contributed by atoms with E-state index in [-0.39, 0.29) is 0 Å². The van der Waals surface area contributed by atoms with E-state index in [1.165, 1.54) is 0 Å². The molecule has 0 aliphatic heterocycles. The van der Waals surface area contributed by atoms with E-state index in [1.54, 1.807) is 19.2 Å². The smallest absolute Gasteiger partial charge is 0.119 e. The fourth-order valence-corrected chi connectivity index (χ4v) is 1.90. The number of halogens is 1. The van der Waals surface area contributed by atoms with Gasteiger partial charge in [-0.15, -0.1) is 0 Å². The zero-order chi connectivity index (χ0) is 15.1. The van der Waals surface area contributed by atoms with Gasteiger partial charge >= 0.3 is 0 Å². The van der Waals surface area contributed by atoms with E-state index in [9.17, 15) is 0 Å². The Bertz CT molecular complexity index is 657. The van der Waals surface area contributed by atoms with E-state index in [1.807, 2.05) is 30.3 Å². The van der Waals surface area contributed by atoms with Gasteiger partial charge in [0.2, 0.25) is 0 Å². The molecule has 0 aliphatic carbocycles. The molecular weight excluding hydrogens is 286 g/mol. The average Bonchev–Trinajstić information content (AvgIpc) is 2.52. The first-order valence-corrected chi connectivity index (χ1v) is 6.85. The van der Waals surface area contributed by atoms with Gasteiger partial charge in [-0.2, -0.15) is 0 Å². The van der Waals surface area contributed by atoms with Gasteiger partial charge in [-0.05, 0) is 42.5 Å². The molecule has 0 saturated carbocycles. The van der Waals surface area contributed by atoms with Gasteiger partial charge < -0.3 is 15.2 Å². The average molecular weight is 302 g/mol. The summed E-state index contributed by atoms with van der Waals surface area (Å²) in [4.78, 5) is 0. The van der Waals surface area contributed by atoms with E-state index in [0.29, 0.717) is 18.2 Å². The summed E-state index contributed by atoms with van der Waals surface area (Å²) in [5, 5.41) is 0.679. The van der Waals surface area contributed by atoms with Gasteiger partial charge in [0.1, 0.15) is 18.1 Å². The monoisotopic (exact) mass is 301 g/mol. The Morgan fingerprint density at radius 1 is 1.10 bits per heavy atom. The minimum absolute atomic E-state index is 0.323. The van der Waals surface area contributed by atoms with Gasteiger partial charge in [-0.25, -0.2) is 0 Å². The van der Waals surface area contributed by atoms with Gasteiger partial charge in [0.15, 0.2) is 0 Å². The van der Waals surface area contributed by atoms with Gasteiger partial charge in [-0.1, -0.05) is 23.4 Å². The van der Waals surface area contributed by atoms with Crippen molar-refractivity contribution in [3.05, 3.63) is 58.6 Å². The summed E-state index contributed by atoms with van der Waals surface area (Å²) in [6.45, 7) is 0.719. The molecule has 2 aromatic carbocycles. The van der Waals surface area contributed by atoms with Crippen LogP contribution < -0.4 is 15.2 Å². The third-order valence-corrected chi connectivity index (χ3v) is 3.10. The molecule has 108 valence electrons. The highest BCUT2D eigenvalue weighted by atomic mass is 35.5. The van der Waals surface area contributed by atoms with Crippen LogP contribution in [0.25, 0.3) is 0 Å². The molecule has 0 bridgehead atoms. The lowest BCUT2D eigenvalue weighted by molar-refractivity contribution is 0.305. The first-order chi connectivity index (χ1) is 10.2. The van der Waals surface area contributed by atoms with Crippen molar-refractivity contribution in [3.8, 4) is 23.3 Å². The predicted molar refractivity (Wildman–Crippen MR) is 84.7 cm³/mol. The second-order valence-corrected chi connectivity index (χ2v) is 4.71. The van der Waals surface area contributed by atoms with Crippen LogP contribution in [0, 0.1) is 11.8 Å². The number of hydrogen-bond acceptors (Lipinski definition) is 3. The van der Waals surface area contributed by atoms with E-state index in [0.717, 1.165) is 22.6 Å². The lowest BCUT2D eigenvalue weighted by atomic mass is 10.1. The molecule has 0 spiro atoms. The minimum atomic E-state index is 0.323. The second kappa shape index (κ2) is 7.58. The molecule has 0 aromatic heterocycles. The van der Waals surface area contributed by atoms with Gasteiger partial charge in [0, 0.05) is 16.1 Å². The van der Waals surface area contributed by atoms with Crippen LogP contribution in [0.3, 0.4) is 0 Å². The Balaban J connectivity index is 2.18. The molecule has 0 unspecified atom stereocenters. The fourth-order valence-electron chi connectivity index (χ4n) is 1.78. The summed E-state index contributed by atoms with van der Waals surface area (Å²) in [7, 11) is 1.63. The number of rotatable bonds is 4. The molecular formula is C17H16ClNO2. The SMILES string of the molecule is COc1ccc(C#CCN)c(COc2ccc(Cl)cc2)c1. The third kappa shape index (κ3) is 4.42. The third-order valence-electron chi connectivity index (χ3n) is 2.85. The molecule has 0 aliphatic rings. The van der Waals surface area contributed by atoms with Crippen molar-refractivity contribution in [2.24, 2.45) is 5.73 Å². The molecule has 0 fully saturated rings. The quantitative estimate of drug-likeness (QED) is 0.882. The summed E-state index contributed by atoms with van der Waals surface area (Å²) >= 11 is 5.85. The molecule has 0 atom stereocenters.